The number of aromatic amines is 1. The molecule has 15 heavy (non-hydrogen) atoms. The summed E-state index contributed by atoms with van der Waals surface area (Å²) in [4.78, 5) is 14.9. The molecule has 0 spiro atoms. The van der Waals surface area contributed by atoms with Crippen LogP contribution in [0.25, 0.3) is 10.9 Å². The Hall–Kier alpha value is -0.880. The molecule has 0 radical (unpaired) electrons. The average molecular weight is 315 g/mol. The normalized spacial score (nSPS) is 10.8. The number of methoxy groups -OCH3 is 1. The molecule has 2 rings (SSSR count). The van der Waals surface area contributed by atoms with E-state index < -0.39 is 0 Å². The molecule has 0 aliphatic heterocycles. The summed E-state index contributed by atoms with van der Waals surface area (Å²) < 4.78 is 5.79. The highest BCUT2D eigenvalue weighted by molar-refractivity contribution is 14.1. The lowest BCUT2D eigenvalue weighted by atomic mass is 10.1. The van der Waals surface area contributed by atoms with Crippen LogP contribution in [0.15, 0.2) is 29.2 Å². The van der Waals surface area contributed by atoms with E-state index in [1.165, 1.54) is 0 Å². The number of fused-ring (bicyclic) bond motifs is 1. The summed E-state index contributed by atoms with van der Waals surface area (Å²) in [6, 6.07) is 5.66. The van der Waals surface area contributed by atoms with E-state index in [2.05, 4.69) is 4.98 Å². The van der Waals surface area contributed by atoms with Crippen LogP contribution in [0.4, 0.5) is 0 Å². The first-order valence-corrected chi connectivity index (χ1v) is 5.59. The van der Waals surface area contributed by atoms with Gasteiger partial charge in [0.25, 0.3) is 0 Å². The second-order valence-corrected chi connectivity index (χ2v) is 4.40. The Balaban J connectivity index is 2.77. The van der Waals surface area contributed by atoms with Crippen LogP contribution in [0.5, 0.6) is 0 Å². The van der Waals surface area contributed by atoms with E-state index in [0.717, 1.165) is 16.5 Å². The van der Waals surface area contributed by atoms with Gasteiger partial charge in [0.2, 0.25) is 5.43 Å². The second kappa shape index (κ2) is 4.32. The molecule has 1 aromatic carbocycles. The van der Waals surface area contributed by atoms with E-state index in [0.29, 0.717) is 10.2 Å². The summed E-state index contributed by atoms with van der Waals surface area (Å²) in [6.07, 6.45) is 1.73. The van der Waals surface area contributed by atoms with Crippen molar-refractivity contribution in [3.63, 3.8) is 0 Å². The van der Waals surface area contributed by atoms with Crippen LogP contribution in [0.2, 0.25) is 0 Å². The first kappa shape index (κ1) is 10.6. The number of H-pyrrole nitrogens is 1. The molecule has 78 valence electrons. The van der Waals surface area contributed by atoms with Crippen molar-refractivity contribution in [1.82, 2.24) is 4.98 Å². The van der Waals surface area contributed by atoms with Gasteiger partial charge in [0.05, 0.1) is 15.7 Å². The summed E-state index contributed by atoms with van der Waals surface area (Å²) in [5, 5.41) is 0.719. The maximum absolute atomic E-state index is 11.8. The van der Waals surface area contributed by atoms with Crippen molar-refractivity contribution in [1.29, 1.82) is 0 Å². The summed E-state index contributed by atoms with van der Waals surface area (Å²) in [5.74, 6) is 0. The van der Waals surface area contributed by atoms with Crippen molar-refractivity contribution in [3.05, 3.63) is 43.8 Å². The third kappa shape index (κ3) is 1.91. The predicted octanol–water partition coefficient (Wildman–Crippen LogP) is 2.28. The fourth-order valence-electron chi connectivity index (χ4n) is 1.57. The number of pyridine rings is 1. The molecule has 1 aromatic heterocycles. The Morgan fingerprint density at radius 2 is 2.27 bits per heavy atom. The molecule has 0 unspecified atom stereocenters. The van der Waals surface area contributed by atoms with Crippen LogP contribution in [0.3, 0.4) is 0 Å². The number of halogens is 1. The van der Waals surface area contributed by atoms with Gasteiger partial charge in [-0.2, -0.15) is 0 Å². The van der Waals surface area contributed by atoms with Gasteiger partial charge in [-0.1, -0.05) is 12.1 Å². The van der Waals surface area contributed by atoms with Crippen LogP contribution < -0.4 is 5.43 Å². The second-order valence-electron chi connectivity index (χ2n) is 3.24. The molecule has 0 aliphatic carbocycles. The molecule has 4 heteroatoms. The Morgan fingerprint density at radius 1 is 1.47 bits per heavy atom. The monoisotopic (exact) mass is 315 g/mol. The van der Waals surface area contributed by atoms with E-state index in [-0.39, 0.29) is 5.43 Å². The van der Waals surface area contributed by atoms with Gasteiger partial charge >= 0.3 is 0 Å². The fourth-order valence-corrected chi connectivity index (χ4v) is 2.01. The van der Waals surface area contributed by atoms with Crippen molar-refractivity contribution in [2.75, 3.05) is 7.11 Å². The number of para-hydroxylation sites is 1. The quantitative estimate of drug-likeness (QED) is 0.864. The zero-order chi connectivity index (χ0) is 10.8. The molecule has 0 atom stereocenters. The molecule has 2 aromatic rings. The van der Waals surface area contributed by atoms with E-state index in [9.17, 15) is 4.79 Å². The third-order valence-electron chi connectivity index (χ3n) is 2.26. The predicted molar refractivity (Wildman–Crippen MR) is 68.0 cm³/mol. The van der Waals surface area contributed by atoms with Crippen molar-refractivity contribution in [2.24, 2.45) is 0 Å². The highest BCUT2D eigenvalue weighted by Gasteiger charge is 2.05. The molecule has 0 aliphatic rings. The zero-order valence-corrected chi connectivity index (χ0v) is 10.4. The third-order valence-corrected chi connectivity index (χ3v) is 3.06. The van der Waals surface area contributed by atoms with Crippen molar-refractivity contribution < 1.29 is 4.74 Å². The molecular formula is C11H10INO2. The van der Waals surface area contributed by atoms with E-state index >= 15 is 0 Å². The summed E-state index contributed by atoms with van der Waals surface area (Å²) in [5.41, 5.74) is 1.94. The van der Waals surface area contributed by atoms with E-state index in [1.807, 2.05) is 40.8 Å². The van der Waals surface area contributed by atoms with Gasteiger partial charge in [0.1, 0.15) is 0 Å². The first-order chi connectivity index (χ1) is 7.24. The van der Waals surface area contributed by atoms with E-state index in [1.54, 1.807) is 13.3 Å². The van der Waals surface area contributed by atoms with Crippen molar-refractivity contribution in [2.45, 2.75) is 6.61 Å². The number of hydrogen-bond acceptors (Lipinski definition) is 2. The Labute approximate surface area is 101 Å². The molecule has 1 heterocycles. The molecule has 0 fully saturated rings. The summed E-state index contributed by atoms with van der Waals surface area (Å²) in [6.45, 7) is 0.508. The highest BCUT2D eigenvalue weighted by atomic mass is 127. The maximum Gasteiger partial charge on any atom is 0.202 e. The van der Waals surface area contributed by atoms with Gasteiger partial charge < -0.3 is 9.72 Å². The summed E-state index contributed by atoms with van der Waals surface area (Å²) >= 11 is 2.03. The molecule has 1 N–H and O–H groups in total. The van der Waals surface area contributed by atoms with Crippen LogP contribution in [0, 0.1) is 3.57 Å². The average Bonchev–Trinajstić information content (AvgIpc) is 2.25. The highest BCUT2D eigenvalue weighted by Crippen LogP contribution is 2.15. The lowest BCUT2D eigenvalue weighted by Gasteiger charge is -2.05. The van der Waals surface area contributed by atoms with Crippen molar-refractivity contribution in [3.8, 4) is 0 Å². The molecule has 0 saturated heterocycles. The first-order valence-electron chi connectivity index (χ1n) is 4.51. The van der Waals surface area contributed by atoms with Gasteiger partial charge in [-0.25, -0.2) is 0 Å². The fraction of sp³-hybridized carbons (Fsp3) is 0.182. The van der Waals surface area contributed by atoms with Crippen LogP contribution in [-0.2, 0) is 11.3 Å². The number of benzene rings is 1. The Kier molecular flexibility index (Phi) is 3.06. The number of hydrogen-bond donors (Lipinski definition) is 1. The molecule has 0 saturated carbocycles. The Bertz CT molecular complexity index is 548. The number of aromatic nitrogens is 1. The maximum atomic E-state index is 11.8. The van der Waals surface area contributed by atoms with Crippen LogP contribution >= 0.6 is 22.6 Å². The SMILES string of the molecule is COCc1cccc2c(=O)c(I)c[nH]c12. The zero-order valence-electron chi connectivity index (χ0n) is 8.21. The van der Waals surface area contributed by atoms with Gasteiger partial charge in [-0.3, -0.25) is 4.79 Å². The lowest BCUT2D eigenvalue weighted by molar-refractivity contribution is 0.186. The molecular weight excluding hydrogens is 305 g/mol. The topological polar surface area (TPSA) is 42.1 Å². The minimum absolute atomic E-state index is 0.0716. The molecule has 3 nitrogen and oxygen atoms in total. The van der Waals surface area contributed by atoms with Gasteiger partial charge in [0.15, 0.2) is 0 Å². The smallest absolute Gasteiger partial charge is 0.202 e. The van der Waals surface area contributed by atoms with Gasteiger partial charge in [0, 0.05) is 24.3 Å². The lowest BCUT2D eigenvalue weighted by Crippen LogP contribution is -2.07. The van der Waals surface area contributed by atoms with Gasteiger partial charge in [-0.05, 0) is 28.7 Å². The van der Waals surface area contributed by atoms with Crippen LogP contribution in [0.1, 0.15) is 5.56 Å². The molecule has 0 bridgehead atoms. The Morgan fingerprint density at radius 3 is 3.00 bits per heavy atom. The molecule has 0 amide bonds. The minimum atomic E-state index is 0.0716. The number of rotatable bonds is 2. The number of ether oxygens (including phenoxy) is 1. The standard InChI is InChI=1S/C11H10INO2/c1-15-6-7-3-2-4-8-10(7)13-5-9(12)11(8)14/h2-5H,6H2,1H3,(H,13,14). The largest absolute Gasteiger partial charge is 0.380 e. The van der Waals surface area contributed by atoms with Crippen LogP contribution in [-0.4, -0.2) is 12.1 Å². The minimum Gasteiger partial charge on any atom is -0.380 e. The van der Waals surface area contributed by atoms with Gasteiger partial charge in [-0.15, -0.1) is 0 Å². The summed E-state index contributed by atoms with van der Waals surface area (Å²) in [7, 11) is 1.64. The van der Waals surface area contributed by atoms with Crippen molar-refractivity contribution >= 4 is 33.5 Å². The number of nitrogens with one attached hydrogen (secondary N) is 1. The van der Waals surface area contributed by atoms with E-state index in [4.69, 9.17) is 4.74 Å².